The van der Waals surface area contributed by atoms with Gasteiger partial charge in [0.15, 0.2) is 0 Å². The van der Waals surface area contributed by atoms with Crippen molar-refractivity contribution in [2.75, 3.05) is 0 Å². The normalized spacial score (nSPS) is 26.4. The molecule has 1 aliphatic carbocycles. The molecule has 0 aromatic carbocycles. The van der Waals surface area contributed by atoms with Gasteiger partial charge in [-0.25, -0.2) is 4.79 Å². The summed E-state index contributed by atoms with van der Waals surface area (Å²) < 4.78 is 0. The molecular formula is C14H25NO3. The molecule has 0 radical (unpaired) electrons. The third kappa shape index (κ3) is 4.00. The van der Waals surface area contributed by atoms with Crippen molar-refractivity contribution in [3.8, 4) is 0 Å². The van der Waals surface area contributed by atoms with Crippen LogP contribution in [0.5, 0.6) is 0 Å². The average molecular weight is 255 g/mol. The van der Waals surface area contributed by atoms with Crippen molar-refractivity contribution in [3.63, 3.8) is 0 Å². The fourth-order valence-corrected chi connectivity index (χ4v) is 2.43. The summed E-state index contributed by atoms with van der Waals surface area (Å²) in [5.74, 6) is -0.374. The van der Waals surface area contributed by atoms with Gasteiger partial charge in [0.2, 0.25) is 5.91 Å². The molecule has 1 atom stereocenters. The summed E-state index contributed by atoms with van der Waals surface area (Å²) in [5, 5.41) is 11.9. The van der Waals surface area contributed by atoms with Gasteiger partial charge in [-0.05, 0) is 37.0 Å². The number of hydrogen-bond donors (Lipinski definition) is 2. The Morgan fingerprint density at radius 2 is 1.67 bits per heavy atom. The van der Waals surface area contributed by atoms with E-state index in [-0.39, 0.29) is 11.8 Å². The van der Waals surface area contributed by atoms with Crippen LogP contribution >= 0.6 is 0 Å². The van der Waals surface area contributed by atoms with Gasteiger partial charge in [-0.1, -0.05) is 27.7 Å². The molecule has 104 valence electrons. The van der Waals surface area contributed by atoms with Gasteiger partial charge in [0.25, 0.3) is 0 Å². The summed E-state index contributed by atoms with van der Waals surface area (Å²) >= 11 is 0. The fourth-order valence-electron chi connectivity index (χ4n) is 2.43. The van der Waals surface area contributed by atoms with Crippen LogP contribution < -0.4 is 5.32 Å². The Balaban J connectivity index is 2.59. The van der Waals surface area contributed by atoms with Crippen molar-refractivity contribution in [2.45, 2.75) is 59.4 Å². The van der Waals surface area contributed by atoms with E-state index in [1.54, 1.807) is 0 Å². The lowest BCUT2D eigenvalue weighted by atomic mass is 9.81. The molecule has 0 aliphatic heterocycles. The summed E-state index contributed by atoms with van der Waals surface area (Å²) in [6.45, 7) is 7.68. The topological polar surface area (TPSA) is 66.4 Å². The average Bonchev–Trinajstić information content (AvgIpc) is 2.24. The second-order valence-electron chi connectivity index (χ2n) is 6.60. The number of nitrogens with one attached hydrogen (secondary N) is 1. The molecule has 2 N–H and O–H groups in total. The monoisotopic (exact) mass is 255 g/mol. The van der Waals surface area contributed by atoms with E-state index in [1.807, 2.05) is 20.8 Å². The lowest BCUT2D eigenvalue weighted by Gasteiger charge is -2.31. The molecule has 0 aromatic rings. The van der Waals surface area contributed by atoms with E-state index in [9.17, 15) is 14.7 Å². The van der Waals surface area contributed by atoms with Crippen molar-refractivity contribution in [1.82, 2.24) is 5.32 Å². The van der Waals surface area contributed by atoms with Crippen LogP contribution in [0.15, 0.2) is 0 Å². The van der Waals surface area contributed by atoms with Gasteiger partial charge >= 0.3 is 5.97 Å². The van der Waals surface area contributed by atoms with Crippen LogP contribution in [0, 0.1) is 17.3 Å². The van der Waals surface area contributed by atoms with Gasteiger partial charge in [0, 0.05) is 5.92 Å². The minimum absolute atomic E-state index is 0.00889. The first-order valence-electron chi connectivity index (χ1n) is 6.75. The molecule has 0 spiro atoms. The molecule has 1 aliphatic rings. The summed E-state index contributed by atoms with van der Waals surface area (Å²) in [6, 6.07) is -0.815. The fraction of sp³-hybridized carbons (Fsp3) is 0.857. The molecule has 0 bridgehead atoms. The minimum Gasteiger partial charge on any atom is -0.480 e. The second-order valence-corrected chi connectivity index (χ2v) is 6.60. The number of hydrogen-bond acceptors (Lipinski definition) is 2. The molecule has 1 saturated carbocycles. The maximum Gasteiger partial charge on any atom is 0.326 e. The van der Waals surface area contributed by atoms with Crippen LogP contribution in [0.2, 0.25) is 0 Å². The van der Waals surface area contributed by atoms with Crippen LogP contribution in [-0.2, 0) is 9.59 Å². The smallest absolute Gasteiger partial charge is 0.326 e. The lowest BCUT2D eigenvalue weighted by molar-refractivity contribution is -0.145. The summed E-state index contributed by atoms with van der Waals surface area (Å²) in [4.78, 5) is 23.3. The number of rotatable bonds is 3. The zero-order valence-corrected chi connectivity index (χ0v) is 11.8. The summed E-state index contributed by atoms with van der Waals surface area (Å²) in [7, 11) is 0. The van der Waals surface area contributed by atoms with Crippen LogP contribution in [0.3, 0.4) is 0 Å². The maximum atomic E-state index is 12.1. The van der Waals surface area contributed by atoms with Crippen LogP contribution in [0.25, 0.3) is 0 Å². The molecule has 0 saturated heterocycles. The van der Waals surface area contributed by atoms with Gasteiger partial charge in [-0.3, -0.25) is 4.79 Å². The Morgan fingerprint density at radius 3 is 2.06 bits per heavy atom. The Kier molecular flexibility index (Phi) is 4.77. The van der Waals surface area contributed by atoms with E-state index in [1.165, 1.54) is 0 Å². The van der Waals surface area contributed by atoms with E-state index in [0.29, 0.717) is 5.92 Å². The first kappa shape index (κ1) is 15.0. The Hall–Kier alpha value is -1.06. The molecule has 4 heteroatoms. The predicted molar refractivity (Wildman–Crippen MR) is 70.1 cm³/mol. The standard InChI is InChI=1S/C14H25NO3/c1-9-5-7-10(8-6-9)12(16)15-11(13(17)18)14(2,3)4/h9-11H,5-8H2,1-4H3,(H,15,16)(H,17,18)/t9?,10?,11-/m0/s1. The highest BCUT2D eigenvalue weighted by Crippen LogP contribution is 2.29. The van der Waals surface area contributed by atoms with Gasteiger partial charge in [-0.15, -0.1) is 0 Å². The molecule has 4 nitrogen and oxygen atoms in total. The molecule has 0 unspecified atom stereocenters. The van der Waals surface area contributed by atoms with E-state index in [4.69, 9.17) is 0 Å². The van der Waals surface area contributed by atoms with E-state index in [2.05, 4.69) is 12.2 Å². The van der Waals surface area contributed by atoms with Gasteiger partial charge < -0.3 is 10.4 Å². The zero-order valence-electron chi connectivity index (χ0n) is 11.8. The van der Waals surface area contributed by atoms with Crippen molar-refractivity contribution in [3.05, 3.63) is 0 Å². The molecule has 1 amide bonds. The Labute approximate surface area is 109 Å². The number of carbonyl (C=O) groups is 2. The number of amides is 1. The van der Waals surface area contributed by atoms with Gasteiger partial charge in [0.1, 0.15) is 6.04 Å². The number of carboxylic acids is 1. The number of carbonyl (C=O) groups excluding carboxylic acids is 1. The molecule has 0 aromatic heterocycles. The van der Waals surface area contributed by atoms with Crippen LogP contribution in [0.1, 0.15) is 53.4 Å². The summed E-state index contributed by atoms with van der Waals surface area (Å²) in [5.41, 5.74) is -0.469. The Bertz CT molecular complexity index is 311. The second kappa shape index (κ2) is 5.72. The highest BCUT2D eigenvalue weighted by Gasteiger charge is 2.34. The quantitative estimate of drug-likeness (QED) is 0.814. The number of aliphatic carboxylic acids is 1. The third-order valence-electron chi connectivity index (χ3n) is 3.79. The Morgan fingerprint density at radius 1 is 1.17 bits per heavy atom. The van der Waals surface area contributed by atoms with E-state index >= 15 is 0 Å². The van der Waals surface area contributed by atoms with Crippen LogP contribution in [0.4, 0.5) is 0 Å². The largest absolute Gasteiger partial charge is 0.480 e. The highest BCUT2D eigenvalue weighted by atomic mass is 16.4. The molecular weight excluding hydrogens is 230 g/mol. The zero-order chi connectivity index (χ0) is 13.9. The SMILES string of the molecule is CC1CCC(C(=O)N[C@@H](C(=O)O)C(C)(C)C)CC1. The van der Waals surface area contributed by atoms with Crippen molar-refractivity contribution in [2.24, 2.45) is 17.3 Å². The first-order chi connectivity index (χ1) is 8.21. The predicted octanol–water partition coefficient (Wildman–Crippen LogP) is 2.43. The molecule has 1 rings (SSSR count). The highest BCUT2D eigenvalue weighted by molar-refractivity contribution is 5.85. The molecule has 18 heavy (non-hydrogen) atoms. The number of carboxylic acid groups (broad SMARTS) is 1. The summed E-state index contributed by atoms with van der Waals surface area (Å²) in [6.07, 6.45) is 3.88. The lowest BCUT2D eigenvalue weighted by Crippen LogP contribution is -2.51. The van der Waals surface area contributed by atoms with E-state index < -0.39 is 17.4 Å². The third-order valence-corrected chi connectivity index (χ3v) is 3.79. The minimum atomic E-state index is -0.958. The van der Waals surface area contributed by atoms with Gasteiger partial charge in [-0.2, -0.15) is 0 Å². The maximum absolute atomic E-state index is 12.1. The molecule has 0 heterocycles. The van der Waals surface area contributed by atoms with Crippen molar-refractivity contribution >= 4 is 11.9 Å². The van der Waals surface area contributed by atoms with Gasteiger partial charge in [0.05, 0.1) is 0 Å². The van der Waals surface area contributed by atoms with Crippen molar-refractivity contribution < 1.29 is 14.7 Å². The van der Waals surface area contributed by atoms with Crippen LogP contribution in [-0.4, -0.2) is 23.0 Å². The molecule has 1 fully saturated rings. The van der Waals surface area contributed by atoms with E-state index in [0.717, 1.165) is 25.7 Å². The first-order valence-corrected chi connectivity index (χ1v) is 6.75. The van der Waals surface area contributed by atoms with Crippen molar-refractivity contribution in [1.29, 1.82) is 0 Å².